The van der Waals surface area contributed by atoms with Crippen LogP contribution in [-0.2, 0) is 11.3 Å². The lowest BCUT2D eigenvalue weighted by Gasteiger charge is -2.35. The Bertz CT molecular complexity index is 1900. The Balaban J connectivity index is 1.26. The van der Waals surface area contributed by atoms with E-state index in [1.165, 1.54) is 18.3 Å². The van der Waals surface area contributed by atoms with Crippen molar-refractivity contribution in [2.24, 2.45) is 0 Å². The fourth-order valence-corrected chi connectivity index (χ4v) is 5.35. The summed E-state index contributed by atoms with van der Waals surface area (Å²) in [5, 5.41) is 14.1. The Morgan fingerprint density at radius 2 is 1.78 bits per heavy atom. The number of carbonyl (C=O) groups excluding carboxylic acids is 1. The van der Waals surface area contributed by atoms with E-state index in [-0.39, 0.29) is 43.9 Å². The van der Waals surface area contributed by atoms with E-state index >= 15 is 0 Å². The molecule has 1 atom stereocenters. The number of nitrogen functional groups attached to an aromatic ring is 1. The van der Waals surface area contributed by atoms with E-state index in [1.54, 1.807) is 59.5 Å². The van der Waals surface area contributed by atoms with Gasteiger partial charge in [-0.1, -0.05) is 24.3 Å². The van der Waals surface area contributed by atoms with Crippen LogP contribution in [0, 0.1) is 11.9 Å². The molecule has 0 radical (unpaired) electrons. The molecule has 6 rings (SSSR count). The number of nitrogens with zero attached hydrogens (tertiary/aromatic N) is 3. The number of rotatable bonds is 8. The minimum absolute atomic E-state index is 0.0205. The molecule has 12 heteroatoms. The van der Waals surface area contributed by atoms with Crippen LogP contribution in [0.3, 0.4) is 0 Å². The average molecular weight is 632 g/mol. The molecule has 0 bridgehead atoms. The first-order chi connectivity index (χ1) is 22.0. The molecule has 1 saturated heterocycles. The summed E-state index contributed by atoms with van der Waals surface area (Å²) in [5.74, 6) is -4.33. The lowest BCUT2D eigenvalue weighted by Crippen LogP contribution is -2.41. The van der Waals surface area contributed by atoms with Gasteiger partial charge in [0, 0.05) is 54.7 Å². The van der Waals surface area contributed by atoms with Gasteiger partial charge in [-0.3, -0.25) is 9.69 Å². The van der Waals surface area contributed by atoms with Gasteiger partial charge in [0.25, 0.3) is 5.92 Å². The van der Waals surface area contributed by atoms with Crippen LogP contribution in [-0.4, -0.2) is 44.9 Å². The van der Waals surface area contributed by atoms with Crippen LogP contribution < -0.4 is 11.1 Å². The molecular weight excluding hydrogens is 602 g/mol. The molecule has 5 aromatic rings. The van der Waals surface area contributed by atoms with Crippen LogP contribution in [0.25, 0.3) is 39.3 Å². The van der Waals surface area contributed by atoms with Gasteiger partial charge in [0.15, 0.2) is 0 Å². The molecule has 8 nitrogen and oxygen atoms in total. The van der Waals surface area contributed by atoms with E-state index in [4.69, 9.17) is 10.2 Å². The van der Waals surface area contributed by atoms with Crippen molar-refractivity contribution in [2.75, 3.05) is 18.8 Å². The smallest absolute Gasteiger partial charge is 0.250 e. The van der Waals surface area contributed by atoms with Crippen molar-refractivity contribution < 1.29 is 31.9 Å². The summed E-state index contributed by atoms with van der Waals surface area (Å²) >= 11 is 0. The minimum Gasteiger partial charge on any atom is -0.459 e. The minimum atomic E-state index is -2.72. The van der Waals surface area contributed by atoms with Crippen molar-refractivity contribution in [3.63, 3.8) is 0 Å². The molecule has 3 aromatic heterocycles. The van der Waals surface area contributed by atoms with Gasteiger partial charge in [-0.2, -0.15) is 13.8 Å². The maximum atomic E-state index is 14.9. The highest BCUT2D eigenvalue weighted by Crippen LogP contribution is 2.38. The number of hydrogen-bond donors (Lipinski definition) is 3. The molecule has 0 spiro atoms. The Morgan fingerprint density at radius 3 is 2.48 bits per heavy atom. The molecule has 236 valence electrons. The highest BCUT2D eigenvalue weighted by atomic mass is 19.3. The number of alkyl halides is 2. The zero-order valence-electron chi connectivity index (χ0n) is 24.4. The van der Waals surface area contributed by atoms with Crippen molar-refractivity contribution in [1.29, 1.82) is 0 Å². The molecule has 4 N–H and O–H groups in total. The molecule has 0 saturated carbocycles. The first-order valence-corrected chi connectivity index (χ1v) is 14.5. The number of nitrogens with two attached hydrogens (primary N) is 1. The predicted molar refractivity (Wildman–Crippen MR) is 165 cm³/mol. The molecule has 4 heterocycles. The van der Waals surface area contributed by atoms with E-state index in [0.717, 1.165) is 11.6 Å². The van der Waals surface area contributed by atoms with Crippen LogP contribution in [0.2, 0.25) is 0 Å². The largest absolute Gasteiger partial charge is 0.459 e. The number of anilines is 1. The number of aromatic nitrogens is 2. The van der Waals surface area contributed by atoms with Crippen molar-refractivity contribution in [3.8, 4) is 22.3 Å². The van der Waals surface area contributed by atoms with E-state index in [0.29, 0.717) is 44.8 Å². The zero-order valence-corrected chi connectivity index (χ0v) is 24.4. The molecule has 1 aliphatic rings. The predicted octanol–water partition coefficient (Wildman–Crippen LogP) is 6.47. The SMILES string of the molecule is Nc1ccc(C=CC(=O)NCc2cc3cc(-c4ccc(C(O)N5CCC(F)(F)CC5)cc4)cc(-c4ccc(F)nc4F)c3o2)cn1. The van der Waals surface area contributed by atoms with Gasteiger partial charge >= 0.3 is 0 Å². The second kappa shape index (κ2) is 12.7. The van der Waals surface area contributed by atoms with Crippen molar-refractivity contribution in [3.05, 3.63) is 108 Å². The van der Waals surface area contributed by atoms with Crippen molar-refractivity contribution in [1.82, 2.24) is 20.2 Å². The fourth-order valence-electron chi connectivity index (χ4n) is 5.35. The highest BCUT2D eigenvalue weighted by Gasteiger charge is 2.36. The van der Waals surface area contributed by atoms with E-state index < -0.39 is 24.0 Å². The highest BCUT2D eigenvalue weighted by molar-refractivity contribution is 5.97. The summed E-state index contributed by atoms with van der Waals surface area (Å²) < 4.78 is 61.8. The molecule has 1 unspecified atom stereocenters. The zero-order chi connectivity index (χ0) is 32.4. The number of halogens is 4. The summed E-state index contributed by atoms with van der Waals surface area (Å²) in [6.45, 7) is 0.186. The normalized spacial score (nSPS) is 15.8. The molecule has 1 fully saturated rings. The number of furan rings is 1. The van der Waals surface area contributed by atoms with Gasteiger partial charge in [-0.05, 0) is 70.8 Å². The molecular formula is C34H29F4N5O3. The number of nitrogens with one attached hydrogen (secondary N) is 1. The molecule has 1 amide bonds. The number of benzene rings is 2. The standard InChI is InChI=1S/C34H29F4N5O3/c35-28-8-7-26(32(36)42-28)27-17-23(21-3-5-22(6-4-21)33(45)43-13-11-34(37,38)12-14-43)15-24-16-25(46-31(24)27)19-41-30(44)10-2-20-1-9-29(39)40-18-20/h1-10,15-18,33,45H,11-14,19H2,(H2,39,40)(H,41,44). The van der Waals surface area contributed by atoms with Crippen LogP contribution >= 0.6 is 0 Å². The number of pyridine rings is 2. The van der Waals surface area contributed by atoms with E-state index in [1.807, 2.05) is 6.07 Å². The maximum absolute atomic E-state index is 14.9. The van der Waals surface area contributed by atoms with Crippen LogP contribution in [0.4, 0.5) is 23.4 Å². The third kappa shape index (κ3) is 6.93. The van der Waals surface area contributed by atoms with Crippen LogP contribution in [0.15, 0.2) is 83.4 Å². The lowest BCUT2D eigenvalue weighted by molar-refractivity contribution is -0.116. The summed E-state index contributed by atoms with van der Waals surface area (Å²) in [6, 6.07) is 17.9. The van der Waals surface area contributed by atoms with Crippen molar-refractivity contribution >= 4 is 28.8 Å². The molecule has 1 aliphatic heterocycles. The number of aliphatic hydroxyl groups is 1. The lowest BCUT2D eigenvalue weighted by atomic mass is 9.96. The molecule has 2 aromatic carbocycles. The summed E-state index contributed by atoms with van der Waals surface area (Å²) in [5.41, 5.74) is 8.88. The summed E-state index contributed by atoms with van der Waals surface area (Å²) in [7, 11) is 0. The Kier molecular flexibility index (Phi) is 8.57. The average Bonchev–Trinajstić information content (AvgIpc) is 3.46. The van der Waals surface area contributed by atoms with Gasteiger partial charge in [0.2, 0.25) is 17.8 Å². The number of hydrogen-bond acceptors (Lipinski definition) is 7. The van der Waals surface area contributed by atoms with Crippen LogP contribution in [0.1, 0.15) is 36.0 Å². The third-order valence-electron chi connectivity index (χ3n) is 7.86. The first-order valence-electron chi connectivity index (χ1n) is 14.5. The fraction of sp³-hybridized carbons (Fsp3) is 0.206. The maximum Gasteiger partial charge on any atom is 0.250 e. The second-order valence-corrected chi connectivity index (χ2v) is 11.1. The Hall–Kier alpha value is -5.07. The Morgan fingerprint density at radius 1 is 1.02 bits per heavy atom. The number of amides is 1. The monoisotopic (exact) mass is 631 g/mol. The van der Waals surface area contributed by atoms with Gasteiger partial charge in [-0.25, -0.2) is 13.8 Å². The number of aliphatic hydroxyl groups excluding tert-OH is 1. The van der Waals surface area contributed by atoms with E-state index in [2.05, 4.69) is 15.3 Å². The van der Waals surface area contributed by atoms with Gasteiger partial charge in [0.1, 0.15) is 23.4 Å². The van der Waals surface area contributed by atoms with Crippen LogP contribution in [0.5, 0.6) is 0 Å². The van der Waals surface area contributed by atoms with Gasteiger partial charge in [0.05, 0.1) is 6.54 Å². The van der Waals surface area contributed by atoms with Gasteiger partial charge < -0.3 is 20.6 Å². The topological polar surface area (TPSA) is 118 Å². The van der Waals surface area contributed by atoms with Crippen molar-refractivity contribution in [2.45, 2.75) is 31.5 Å². The summed E-state index contributed by atoms with van der Waals surface area (Å²) in [6.07, 6.45) is 2.81. The molecule has 46 heavy (non-hydrogen) atoms. The number of likely N-dealkylation sites (tertiary alicyclic amines) is 1. The quantitative estimate of drug-likeness (QED) is 0.102. The molecule has 0 aliphatic carbocycles. The number of carbonyl (C=O) groups is 1. The first kappa shape index (κ1) is 30.9. The van der Waals surface area contributed by atoms with E-state index in [9.17, 15) is 27.5 Å². The third-order valence-corrected chi connectivity index (χ3v) is 7.86. The summed E-state index contributed by atoms with van der Waals surface area (Å²) in [4.78, 5) is 21.4. The second-order valence-electron chi connectivity index (χ2n) is 11.1. The van der Waals surface area contributed by atoms with Gasteiger partial charge in [-0.15, -0.1) is 0 Å². The Labute approximate surface area is 261 Å². The number of fused-ring (bicyclic) bond motifs is 1. The number of piperidine rings is 1.